The summed E-state index contributed by atoms with van der Waals surface area (Å²) in [5.74, 6) is 0.482. The zero-order valence-electron chi connectivity index (χ0n) is 14.3. The molecule has 0 aliphatic carbocycles. The number of halogens is 1. The van der Waals surface area contributed by atoms with E-state index in [4.69, 9.17) is 11.6 Å². The number of pyridine rings is 1. The third-order valence-electron chi connectivity index (χ3n) is 3.83. The molecule has 0 unspecified atom stereocenters. The smallest absolute Gasteiger partial charge is 0.242 e. The van der Waals surface area contributed by atoms with Gasteiger partial charge in [0.1, 0.15) is 10.7 Å². The molecule has 27 heavy (non-hydrogen) atoms. The molecule has 0 aliphatic rings. The molecule has 0 fully saturated rings. The first-order chi connectivity index (χ1) is 13.0. The molecule has 142 valence electrons. The fourth-order valence-corrected chi connectivity index (χ4v) is 4.05. The van der Waals surface area contributed by atoms with Crippen molar-refractivity contribution in [1.82, 2.24) is 24.6 Å². The van der Waals surface area contributed by atoms with Gasteiger partial charge in [-0.3, -0.25) is 9.20 Å². The van der Waals surface area contributed by atoms with Crippen molar-refractivity contribution in [2.24, 2.45) is 0 Å². The lowest BCUT2D eigenvalue weighted by molar-refractivity contribution is -0.120. The fourth-order valence-electron chi connectivity index (χ4n) is 2.50. The summed E-state index contributed by atoms with van der Waals surface area (Å²) in [5.41, 5.74) is 0.743. The number of aromatic nitrogens is 3. The Morgan fingerprint density at radius 1 is 1.07 bits per heavy atom. The van der Waals surface area contributed by atoms with Crippen LogP contribution in [0.2, 0.25) is 5.02 Å². The van der Waals surface area contributed by atoms with Gasteiger partial charge in [-0.25, -0.2) is 13.1 Å². The predicted octanol–water partition coefficient (Wildman–Crippen LogP) is 1.41. The van der Waals surface area contributed by atoms with Crippen LogP contribution in [-0.2, 0) is 21.2 Å². The standard InChI is InChI=1S/C17H18ClN5O3S/c18-13-5-1-2-6-14(13)27(25,26)20-11-9-17(24)19-10-8-16-22-21-15-7-3-4-12-23(15)16/h1-7,12,20H,8-11H2,(H,19,24). The first-order valence-electron chi connectivity index (χ1n) is 8.27. The summed E-state index contributed by atoms with van der Waals surface area (Å²) < 4.78 is 28.6. The summed E-state index contributed by atoms with van der Waals surface area (Å²) in [6, 6.07) is 11.7. The summed E-state index contributed by atoms with van der Waals surface area (Å²) in [4.78, 5) is 11.9. The monoisotopic (exact) mass is 407 g/mol. The number of carbonyl (C=O) groups excluding carboxylic acids is 1. The van der Waals surface area contributed by atoms with E-state index in [9.17, 15) is 13.2 Å². The van der Waals surface area contributed by atoms with Gasteiger partial charge in [-0.1, -0.05) is 29.8 Å². The van der Waals surface area contributed by atoms with Crippen LogP contribution in [0, 0.1) is 0 Å². The maximum absolute atomic E-state index is 12.2. The highest BCUT2D eigenvalue weighted by Gasteiger charge is 2.17. The van der Waals surface area contributed by atoms with Crippen molar-refractivity contribution in [2.75, 3.05) is 13.1 Å². The van der Waals surface area contributed by atoms with Gasteiger partial charge in [0.25, 0.3) is 0 Å². The number of carbonyl (C=O) groups is 1. The van der Waals surface area contributed by atoms with Crippen LogP contribution in [0.3, 0.4) is 0 Å². The first-order valence-corrected chi connectivity index (χ1v) is 10.1. The lowest BCUT2D eigenvalue weighted by atomic mass is 10.3. The zero-order valence-corrected chi connectivity index (χ0v) is 15.9. The van der Waals surface area contributed by atoms with Crippen molar-refractivity contribution >= 4 is 33.2 Å². The normalized spacial score (nSPS) is 11.6. The third kappa shape index (κ3) is 4.82. The van der Waals surface area contributed by atoms with E-state index in [2.05, 4.69) is 20.2 Å². The zero-order chi connectivity index (χ0) is 19.3. The molecule has 0 atom stereocenters. The molecule has 2 heterocycles. The number of benzene rings is 1. The van der Waals surface area contributed by atoms with Crippen LogP contribution in [0.15, 0.2) is 53.6 Å². The average molecular weight is 408 g/mol. The van der Waals surface area contributed by atoms with Crippen LogP contribution in [0.4, 0.5) is 0 Å². The van der Waals surface area contributed by atoms with Crippen LogP contribution in [0.25, 0.3) is 5.65 Å². The molecule has 0 aliphatic heterocycles. The second-order valence-corrected chi connectivity index (χ2v) is 7.87. The van der Waals surface area contributed by atoms with Gasteiger partial charge in [0.15, 0.2) is 5.65 Å². The van der Waals surface area contributed by atoms with E-state index in [1.807, 2.05) is 28.8 Å². The van der Waals surface area contributed by atoms with Gasteiger partial charge in [-0.05, 0) is 24.3 Å². The van der Waals surface area contributed by atoms with Crippen molar-refractivity contribution in [1.29, 1.82) is 0 Å². The largest absolute Gasteiger partial charge is 0.356 e. The quantitative estimate of drug-likeness (QED) is 0.587. The molecular weight excluding hydrogens is 390 g/mol. The molecule has 1 aromatic carbocycles. The topological polar surface area (TPSA) is 105 Å². The highest BCUT2D eigenvalue weighted by Crippen LogP contribution is 2.19. The van der Waals surface area contributed by atoms with Gasteiger partial charge in [0.05, 0.1) is 5.02 Å². The fraction of sp³-hybridized carbons (Fsp3) is 0.235. The molecule has 1 amide bonds. The first kappa shape index (κ1) is 19.3. The van der Waals surface area contributed by atoms with E-state index in [0.29, 0.717) is 13.0 Å². The molecule has 0 radical (unpaired) electrons. The Morgan fingerprint density at radius 3 is 2.67 bits per heavy atom. The van der Waals surface area contributed by atoms with Crippen molar-refractivity contribution in [3.05, 3.63) is 59.5 Å². The number of hydrogen-bond acceptors (Lipinski definition) is 5. The molecule has 0 saturated carbocycles. The lowest BCUT2D eigenvalue weighted by Gasteiger charge is -2.08. The number of amides is 1. The molecule has 3 aromatic rings. The minimum atomic E-state index is -3.75. The number of hydrogen-bond donors (Lipinski definition) is 2. The van der Waals surface area contributed by atoms with E-state index >= 15 is 0 Å². The van der Waals surface area contributed by atoms with Gasteiger partial charge in [-0.15, -0.1) is 10.2 Å². The van der Waals surface area contributed by atoms with Crippen molar-refractivity contribution in [3.8, 4) is 0 Å². The van der Waals surface area contributed by atoms with Gasteiger partial charge in [-0.2, -0.15) is 0 Å². The van der Waals surface area contributed by atoms with E-state index < -0.39 is 10.0 Å². The molecule has 2 aromatic heterocycles. The number of nitrogens with one attached hydrogen (secondary N) is 2. The van der Waals surface area contributed by atoms with Crippen LogP contribution in [0.5, 0.6) is 0 Å². The summed E-state index contributed by atoms with van der Waals surface area (Å²) in [6.07, 6.45) is 2.39. The molecule has 0 saturated heterocycles. The third-order valence-corrected chi connectivity index (χ3v) is 5.79. The van der Waals surface area contributed by atoms with E-state index in [0.717, 1.165) is 11.5 Å². The molecule has 0 bridgehead atoms. The van der Waals surface area contributed by atoms with Crippen LogP contribution < -0.4 is 10.0 Å². The van der Waals surface area contributed by atoms with Crippen LogP contribution in [-0.4, -0.2) is 42.0 Å². The highest BCUT2D eigenvalue weighted by molar-refractivity contribution is 7.89. The van der Waals surface area contributed by atoms with Gasteiger partial charge in [0.2, 0.25) is 15.9 Å². The Labute approximate surface area is 161 Å². The maximum Gasteiger partial charge on any atom is 0.242 e. The summed E-state index contributed by atoms with van der Waals surface area (Å²) >= 11 is 5.90. The van der Waals surface area contributed by atoms with Crippen LogP contribution in [0.1, 0.15) is 12.2 Å². The number of nitrogens with zero attached hydrogens (tertiary/aromatic N) is 3. The SMILES string of the molecule is O=C(CCNS(=O)(=O)c1ccccc1Cl)NCCc1nnc2ccccn12. The number of sulfonamides is 1. The van der Waals surface area contributed by atoms with Gasteiger partial charge >= 0.3 is 0 Å². The van der Waals surface area contributed by atoms with Crippen molar-refractivity contribution in [3.63, 3.8) is 0 Å². The molecule has 8 nitrogen and oxygen atoms in total. The lowest BCUT2D eigenvalue weighted by Crippen LogP contribution is -2.32. The van der Waals surface area contributed by atoms with Gasteiger partial charge < -0.3 is 5.32 Å². The van der Waals surface area contributed by atoms with E-state index in [-0.39, 0.29) is 28.8 Å². The summed E-state index contributed by atoms with van der Waals surface area (Å²) in [5, 5.41) is 11.0. The Morgan fingerprint density at radius 2 is 1.85 bits per heavy atom. The summed E-state index contributed by atoms with van der Waals surface area (Å²) in [7, 11) is -3.75. The Balaban J connectivity index is 1.44. The number of fused-ring (bicyclic) bond motifs is 1. The molecular formula is C17H18ClN5O3S. The molecule has 10 heteroatoms. The van der Waals surface area contributed by atoms with E-state index in [1.54, 1.807) is 12.1 Å². The Hall–Kier alpha value is -2.49. The van der Waals surface area contributed by atoms with Gasteiger partial charge in [0, 0.05) is 32.1 Å². The maximum atomic E-state index is 12.2. The van der Waals surface area contributed by atoms with Crippen LogP contribution >= 0.6 is 11.6 Å². The van der Waals surface area contributed by atoms with Crippen molar-refractivity contribution < 1.29 is 13.2 Å². The minimum absolute atomic E-state index is 0.00856. The minimum Gasteiger partial charge on any atom is -0.356 e. The highest BCUT2D eigenvalue weighted by atomic mass is 35.5. The Kier molecular flexibility index (Phi) is 6.04. The molecule has 2 N–H and O–H groups in total. The molecule has 3 rings (SSSR count). The second-order valence-electron chi connectivity index (χ2n) is 5.72. The number of rotatable bonds is 8. The molecule has 0 spiro atoms. The van der Waals surface area contributed by atoms with E-state index in [1.165, 1.54) is 12.1 Å². The predicted molar refractivity (Wildman–Crippen MR) is 101 cm³/mol. The Bertz CT molecular complexity index is 1050. The second kappa shape index (κ2) is 8.47. The average Bonchev–Trinajstić information content (AvgIpc) is 3.05. The van der Waals surface area contributed by atoms with Crippen molar-refractivity contribution in [2.45, 2.75) is 17.7 Å². The summed E-state index contributed by atoms with van der Waals surface area (Å²) in [6.45, 7) is 0.360.